The smallest absolute Gasteiger partial charge is 0.191 e. The van der Waals surface area contributed by atoms with Gasteiger partial charge in [-0.3, -0.25) is 0 Å². The van der Waals surface area contributed by atoms with E-state index < -0.39 is 0 Å². The number of thioether (sulfide) groups is 1. The first-order chi connectivity index (χ1) is 10.7. The van der Waals surface area contributed by atoms with Crippen LogP contribution in [-0.2, 0) is 6.54 Å². The summed E-state index contributed by atoms with van der Waals surface area (Å²) >= 11 is 1.94. The summed E-state index contributed by atoms with van der Waals surface area (Å²) in [5.74, 6) is 4.77. The molecule has 2 N–H and O–H groups in total. The van der Waals surface area contributed by atoms with Gasteiger partial charge in [-0.2, -0.15) is 11.8 Å². The number of methoxy groups -OCH3 is 3. The molecule has 0 unspecified atom stereocenters. The molecule has 1 heterocycles. The van der Waals surface area contributed by atoms with Gasteiger partial charge in [0, 0.05) is 36.2 Å². The van der Waals surface area contributed by atoms with Crippen LogP contribution in [0.25, 0.3) is 0 Å². The maximum atomic E-state index is 6.08. The van der Waals surface area contributed by atoms with Gasteiger partial charge in [-0.25, -0.2) is 4.99 Å². The van der Waals surface area contributed by atoms with Crippen molar-refractivity contribution in [2.75, 3.05) is 45.9 Å². The van der Waals surface area contributed by atoms with Crippen molar-refractivity contribution in [1.82, 2.24) is 4.90 Å². The minimum atomic E-state index is 0. The number of ether oxygens (including phenoxy) is 3. The molecule has 0 amide bonds. The molecule has 0 aromatic heterocycles. The van der Waals surface area contributed by atoms with E-state index in [1.54, 1.807) is 27.4 Å². The minimum absolute atomic E-state index is 0. The van der Waals surface area contributed by atoms with Crippen LogP contribution in [-0.4, -0.2) is 56.8 Å². The van der Waals surface area contributed by atoms with Gasteiger partial charge in [-0.15, -0.1) is 24.0 Å². The Labute approximate surface area is 158 Å². The summed E-state index contributed by atoms with van der Waals surface area (Å²) in [6.07, 6.45) is 0. The van der Waals surface area contributed by atoms with Crippen LogP contribution in [0.2, 0.25) is 0 Å². The lowest BCUT2D eigenvalue weighted by molar-refractivity contribution is 0.347. The second-order valence-corrected chi connectivity index (χ2v) is 6.02. The molecular formula is C15H24IN3O3S. The zero-order valence-electron chi connectivity index (χ0n) is 13.7. The Bertz CT molecular complexity index is 537. The first kappa shape index (κ1) is 20.0. The van der Waals surface area contributed by atoms with Crippen LogP contribution < -0.4 is 19.9 Å². The molecule has 23 heavy (non-hydrogen) atoms. The Morgan fingerprint density at radius 1 is 1.09 bits per heavy atom. The molecule has 6 nitrogen and oxygen atoms in total. The molecule has 1 aliphatic rings. The molecule has 1 saturated heterocycles. The summed E-state index contributed by atoms with van der Waals surface area (Å²) in [5.41, 5.74) is 7.00. The molecule has 1 aromatic carbocycles. The van der Waals surface area contributed by atoms with Gasteiger partial charge in [0.15, 0.2) is 17.5 Å². The number of benzene rings is 1. The molecule has 0 radical (unpaired) electrons. The fourth-order valence-corrected chi connectivity index (χ4v) is 3.18. The first-order valence-electron chi connectivity index (χ1n) is 7.11. The van der Waals surface area contributed by atoms with Gasteiger partial charge in [0.25, 0.3) is 0 Å². The molecule has 0 spiro atoms. The van der Waals surface area contributed by atoms with Crippen LogP contribution >= 0.6 is 35.7 Å². The van der Waals surface area contributed by atoms with Crippen LogP contribution in [0.1, 0.15) is 5.56 Å². The molecule has 1 fully saturated rings. The Kier molecular flexibility index (Phi) is 8.67. The maximum Gasteiger partial charge on any atom is 0.191 e. The predicted molar refractivity (Wildman–Crippen MR) is 106 cm³/mol. The van der Waals surface area contributed by atoms with Crippen molar-refractivity contribution in [2.24, 2.45) is 10.7 Å². The molecule has 0 aliphatic carbocycles. The van der Waals surface area contributed by atoms with E-state index in [2.05, 4.69) is 9.89 Å². The third-order valence-corrected chi connectivity index (χ3v) is 4.48. The highest BCUT2D eigenvalue weighted by molar-refractivity contribution is 14.0. The summed E-state index contributed by atoms with van der Waals surface area (Å²) in [6, 6.07) is 3.68. The largest absolute Gasteiger partial charge is 0.496 e. The average Bonchev–Trinajstić information content (AvgIpc) is 2.59. The zero-order valence-corrected chi connectivity index (χ0v) is 16.9. The van der Waals surface area contributed by atoms with E-state index >= 15 is 0 Å². The Morgan fingerprint density at radius 3 is 2.22 bits per heavy atom. The van der Waals surface area contributed by atoms with E-state index in [0.717, 1.165) is 30.2 Å². The SMILES string of the molecule is COc1cc(OC)c(OC)cc1CN=C(N)N1CCSCC1.I. The number of rotatable bonds is 5. The van der Waals surface area contributed by atoms with Crippen molar-refractivity contribution in [3.05, 3.63) is 17.7 Å². The summed E-state index contributed by atoms with van der Waals surface area (Å²) < 4.78 is 16.0. The lowest BCUT2D eigenvalue weighted by Crippen LogP contribution is -2.42. The van der Waals surface area contributed by atoms with Crippen LogP contribution in [0.15, 0.2) is 17.1 Å². The second kappa shape index (κ2) is 9.96. The summed E-state index contributed by atoms with van der Waals surface area (Å²) in [5, 5.41) is 0. The van der Waals surface area contributed by atoms with Crippen molar-refractivity contribution in [3.63, 3.8) is 0 Å². The number of halogens is 1. The van der Waals surface area contributed by atoms with Gasteiger partial charge in [0.2, 0.25) is 0 Å². The van der Waals surface area contributed by atoms with Crippen LogP contribution in [0.5, 0.6) is 17.2 Å². The number of hydrogen-bond acceptors (Lipinski definition) is 5. The van der Waals surface area contributed by atoms with Crippen LogP contribution in [0, 0.1) is 0 Å². The van der Waals surface area contributed by atoms with Crippen LogP contribution in [0.3, 0.4) is 0 Å². The number of hydrogen-bond donors (Lipinski definition) is 1. The highest BCUT2D eigenvalue weighted by Crippen LogP contribution is 2.34. The quantitative estimate of drug-likeness (QED) is 0.419. The lowest BCUT2D eigenvalue weighted by atomic mass is 10.1. The molecule has 0 atom stereocenters. The molecule has 8 heteroatoms. The van der Waals surface area contributed by atoms with E-state index in [0.29, 0.717) is 29.8 Å². The highest BCUT2D eigenvalue weighted by atomic mass is 127. The summed E-state index contributed by atoms with van der Waals surface area (Å²) in [4.78, 5) is 6.61. The van der Waals surface area contributed by atoms with Gasteiger partial charge in [0.05, 0.1) is 27.9 Å². The monoisotopic (exact) mass is 453 g/mol. The van der Waals surface area contributed by atoms with Gasteiger partial charge in [-0.05, 0) is 6.07 Å². The Balaban J connectivity index is 0.00000264. The Hall–Kier alpha value is -1.03. The fourth-order valence-electron chi connectivity index (χ4n) is 2.27. The summed E-state index contributed by atoms with van der Waals surface area (Å²) in [7, 11) is 4.83. The highest BCUT2D eigenvalue weighted by Gasteiger charge is 2.14. The minimum Gasteiger partial charge on any atom is -0.496 e. The third-order valence-electron chi connectivity index (χ3n) is 3.53. The molecule has 0 saturated carbocycles. The Morgan fingerprint density at radius 2 is 1.65 bits per heavy atom. The second-order valence-electron chi connectivity index (χ2n) is 4.79. The topological polar surface area (TPSA) is 69.3 Å². The van der Waals surface area contributed by atoms with Crippen molar-refractivity contribution >= 4 is 41.7 Å². The lowest BCUT2D eigenvalue weighted by Gasteiger charge is -2.27. The van der Waals surface area contributed by atoms with Gasteiger partial charge in [-0.1, -0.05) is 0 Å². The predicted octanol–water partition coefficient (Wildman–Crippen LogP) is 2.19. The number of aliphatic imine (C=N–C) groups is 1. The van der Waals surface area contributed by atoms with E-state index in [9.17, 15) is 0 Å². The van der Waals surface area contributed by atoms with Gasteiger partial charge >= 0.3 is 0 Å². The van der Waals surface area contributed by atoms with Crippen molar-refractivity contribution in [2.45, 2.75) is 6.54 Å². The molecular weight excluding hydrogens is 429 g/mol. The maximum absolute atomic E-state index is 6.08. The first-order valence-corrected chi connectivity index (χ1v) is 8.26. The third kappa shape index (κ3) is 5.23. The normalized spacial score (nSPS) is 14.9. The molecule has 0 bridgehead atoms. The van der Waals surface area contributed by atoms with E-state index in [1.165, 1.54) is 0 Å². The van der Waals surface area contributed by atoms with Crippen LogP contribution in [0.4, 0.5) is 0 Å². The van der Waals surface area contributed by atoms with Gasteiger partial charge < -0.3 is 24.8 Å². The fraction of sp³-hybridized carbons (Fsp3) is 0.533. The van der Waals surface area contributed by atoms with Crippen molar-refractivity contribution in [1.29, 1.82) is 0 Å². The number of nitrogens with two attached hydrogens (primary N) is 1. The van der Waals surface area contributed by atoms with Crippen molar-refractivity contribution in [3.8, 4) is 17.2 Å². The summed E-state index contributed by atoms with van der Waals surface area (Å²) in [6.45, 7) is 2.34. The molecule has 1 aliphatic heterocycles. The number of guanidine groups is 1. The zero-order chi connectivity index (χ0) is 15.9. The molecule has 2 rings (SSSR count). The van der Waals surface area contributed by atoms with Crippen molar-refractivity contribution < 1.29 is 14.2 Å². The average molecular weight is 453 g/mol. The van der Waals surface area contributed by atoms with E-state index in [4.69, 9.17) is 19.9 Å². The number of nitrogens with zero attached hydrogens (tertiary/aromatic N) is 2. The van der Waals surface area contributed by atoms with E-state index in [-0.39, 0.29) is 24.0 Å². The van der Waals surface area contributed by atoms with E-state index in [1.807, 2.05) is 17.8 Å². The van der Waals surface area contributed by atoms with Gasteiger partial charge in [0.1, 0.15) is 5.75 Å². The molecule has 130 valence electrons. The molecule has 1 aromatic rings. The standard InChI is InChI=1S/C15H23N3O3S.HI/c1-19-12-9-14(21-3)13(20-2)8-11(12)10-17-15(16)18-4-6-22-7-5-18;/h8-9H,4-7,10H2,1-3H3,(H2,16,17);1H.